The number of phenols is 1. The summed E-state index contributed by atoms with van der Waals surface area (Å²) in [6, 6.07) is 4.32. The Morgan fingerprint density at radius 2 is 1.90 bits per heavy atom. The molecule has 0 aliphatic heterocycles. The first kappa shape index (κ1) is 16.6. The molecule has 113 valence electrons. The molecule has 1 radical (unpaired) electrons. The van der Waals surface area contributed by atoms with Crippen LogP contribution in [0.3, 0.4) is 0 Å². The highest BCUT2D eigenvalue weighted by Crippen LogP contribution is 2.11. The Hall–Kier alpha value is -2.41. The van der Waals surface area contributed by atoms with Gasteiger partial charge in [0.15, 0.2) is 0 Å². The summed E-state index contributed by atoms with van der Waals surface area (Å²) in [5.41, 5.74) is 6.28. The third-order valence-corrected chi connectivity index (χ3v) is 2.84. The summed E-state index contributed by atoms with van der Waals surface area (Å²) >= 11 is 0. The number of carbonyl (C=O) groups excluding carboxylic acids is 2. The number of hydrogen-bond donors (Lipinski definition) is 4. The topological polar surface area (TPSA) is 130 Å². The number of benzene rings is 1. The molecule has 1 aromatic rings. The third kappa shape index (κ3) is 6.05. The number of aliphatic carboxylic acids is 1. The van der Waals surface area contributed by atoms with Crippen molar-refractivity contribution in [1.29, 1.82) is 0 Å². The molecule has 0 aromatic heterocycles. The minimum Gasteiger partial charge on any atom is -0.508 e. The number of amides is 1. The zero-order chi connectivity index (χ0) is 15.8. The standard InChI is InChI=1S/C14H17N2O5/c15-12(5-6-13(19)20)14(21)16-10(8-17)7-9-1-3-11(18)4-2-9/h1-4,10,12,18H,5-7,15H2,(H,16,21)(H,19,20)/t10-,12-/m0/s1. The maximum Gasteiger partial charge on any atom is 0.303 e. The van der Waals surface area contributed by atoms with Gasteiger partial charge in [-0.05, 0) is 24.1 Å². The summed E-state index contributed by atoms with van der Waals surface area (Å²) in [5.74, 6) is -1.53. The van der Waals surface area contributed by atoms with Gasteiger partial charge in [0.05, 0.1) is 12.1 Å². The Balaban J connectivity index is 2.52. The number of nitrogens with two attached hydrogens (primary N) is 1. The summed E-state index contributed by atoms with van der Waals surface area (Å²) in [6.07, 6.45) is 1.68. The minimum absolute atomic E-state index is 0.00798. The highest BCUT2D eigenvalue weighted by atomic mass is 16.4. The maximum absolute atomic E-state index is 11.7. The van der Waals surface area contributed by atoms with Gasteiger partial charge < -0.3 is 21.3 Å². The average molecular weight is 293 g/mol. The number of aromatic hydroxyl groups is 1. The van der Waals surface area contributed by atoms with Gasteiger partial charge in [-0.2, -0.15) is 0 Å². The fourth-order valence-electron chi connectivity index (χ4n) is 1.68. The predicted molar refractivity (Wildman–Crippen MR) is 74.3 cm³/mol. The fourth-order valence-corrected chi connectivity index (χ4v) is 1.68. The van der Waals surface area contributed by atoms with Crippen molar-refractivity contribution in [2.75, 3.05) is 0 Å². The zero-order valence-corrected chi connectivity index (χ0v) is 11.3. The monoisotopic (exact) mass is 293 g/mol. The van der Waals surface area contributed by atoms with Crippen molar-refractivity contribution in [2.24, 2.45) is 5.73 Å². The molecule has 0 spiro atoms. The van der Waals surface area contributed by atoms with E-state index in [1.165, 1.54) is 12.1 Å². The lowest BCUT2D eigenvalue weighted by molar-refractivity contribution is -0.137. The van der Waals surface area contributed by atoms with E-state index >= 15 is 0 Å². The van der Waals surface area contributed by atoms with Crippen LogP contribution in [-0.4, -0.2) is 40.5 Å². The molecule has 0 aliphatic carbocycles. The lowest BCUT2D eigenvalue weighted by Gasteiger charge is -2.15. The minimum atomic E-state index is -1.04. The van der Waals surface area contributed by atoms with Gasteiger partial charge in [-0.25, -0.2) is 0 Å². The van der Waals surface area contributed by atoms with Gasteiger partial charge in [-0.15, -0.1) is 0 Å². The van der Waals surface area contributed by atoms with Crippen LogP contribution in [0.1, 0.15) is 18.4 Å². The van der Waals surface area contributed by atoms with Crippen molar-refractivity contribution in [2.45, 2.75) is 31.3 Å². The number of rotatable bonds is 8. The second-order valence-corrected chi connectivity index (χ2v) is 4.59. The molecule has 0 saturated carbocycles. The van der Waals surface area contributed by atoms with Gasteiger partial charge >= 0.3 is 5.97 Å². The predicted octanol–water partition coefficient (Wildman–Crippen LogP) is -0.279. The van der Waals surface area contributed by atoms with E-state index in [1.54, 1.807) is 18.4 Å². The highest BCUT2D eigenvalue weighted by molar-refractivity contribution is 5.84. The van der Waals surface area contributed by atoms with E-state index in [-0.39, 0.29) is 25.0 Å². The Labute approximate surface area is 121 Å². The van der Waals surface area contributed by atoms with E-state index in [4.69, 9.17) is 15.9 Å². The van der Waals surface area contributed by atoms with Gasteiger partial charge in [0.25, 0.3) is 0 Å². The van der Waals surface area contributed by atoms with E-state index in [1.807, 2.05) is 0 Å². The van der Waals surface area contributed by atoms with E-state index in [2.05, 4.69) is 5.32 Å². The third-order valence-electron chi connectivity index (χ3n) is 2.84. The van der Waals surface area contributed by atoms with Crippen molar-refractivity contribution in [1.82, 2.24) is 5.32 Å². The van der Waals surface area contributed by atoms with Crippen LogP contribution in [0.4, 0.5) is 0 Å². The van der Waals surface area contributed by atoms with E-state index in [0.29, 0.717) is 0 Å². The van der Waals surface area contributed by atoms with Crippen molar-refractivity contribution in [3.05, 3.63) is 29.8 Å². The molecule has 1 rings (SSSR count). The summed E-state index contributed by atoms with van der Waals surface area (Å²) in [7, 11) is 0. The van der Waals surface area contributed by atoms with Crippen LogP contribution in [-0.2, 0) is 20.8 Å². The van der Waals surface area contributed by atoms with Crippen molar-refractivity contribution < 1.29 is 24.6 Å². The van der Waals surface area contributed by atoms with Gasteiger partial charge in [-0.1, -0.05) is 12.1 Å². The smallest absolute Gasteiger partial charge is 0.303 e. The van der Waals surface area contributed by atoms with Crippen LogP contribution >= 0.6 is 0 Å². The molecule has 0 heterocycles. The number of phenolic OH excluding ortho intramolecular Hbond substituents is 1. The average Bonchev–Trinajstić information content (AvgIpc) is 2.46. The number of hydrogen-bond acceptors (Lipinski definition) is 5. The first-order valence-electron chi connectivity index (χ1n) is 6.35. The summed E-state index contributed by atoms with van der Waals surface area (Å²) in [4.78, 5) is 33.0. The van der Waals surface area contributed by atoms with Gasteiger partial charge in [-0.3, -0.25) is 14.4 Å². The maximum atomic E-state index is 11.7. The first-order valence-corrected chi connectivity index (χ1v) is 6.35. The number of nitrogens with one attached hydrogen (secondary N) is 1. The quantitative estimate of drug-likeness (QED) is 0.521. The first-order chi connectivity index (χ1) is 9.92. The Bertz CT molecular complexity index is 501. The summed E-state index contributed by atoms with van der Waals surface area (Å²) in [5, 5.41) is 20.1. The molecule has 1 amide bonds. The highest BCUT2D eigenvalue weighted by Gasteiger charge is 2.19. The van der Waals surface area contributed by atoms with Crippen LogP contribution in [0.2, 0.25) is 0 Å². The van der Waals surface area contributed by atoms with Gasteiger partial charge in [0.2, 0.25) is 12.2 Å². The molecule has 2 atom stereocenters. The SMILES string of the molecule is N[C@@H](CCC(=O)O)C(=O)N[C@H]([C]=O)Cc1ccc(O)cc1. The van der Waals surface area contributed by atoms with Gasteiger partial charge in [0, 0.05) is 12.8 Å². The molecule has 0 fully saturated rings. The fraction of sp³-hybridized carbons (Fsp3) is 0.357. The normalized spacial score (nSPS) is 13.2. The second-order valence-electron chi connectivity index (χ2n) is 4.59. The summed E-state index contributed by atoms with van der Waals surface area (Å²) in [6.45, 7) is 0. The molecule has 7 heteroatoms. The number of carboxylic acid groups (broad SMARTS) is 1. The molecular formula is C14H17N2O5. The van der Waals surface area contributed by atoms with Crippen molar-refractivity contribution >= 4 is 18.2 Å². The van der Waals surface area contributed by atoms with Crippen LogP contribution in [0.25, 0.3) is 0 Å². The van der Waals surface area contributed by atoms with Crippen molar-refractivity contribution in [3.8, 4) is 5.75 Å². The van der Waals surface area contributed by atoms with Crippen molar-refractivity contribution in [3.63, 3.8) is 0 Å². The van der Waals surface area contributed by atoms with Crippen LogP contribution in [0, 0.1) is 0 Å². The lowest BCUT2D eigenvalue weighted by Crippen LogP contribution is -2.46. The molecule has 21 heavy (non-hydrogen) atoms. The van der Waals surface area contributed by atoms with Crippen LogP contribution in [0.15, 0.2) is 24.3 Å². The van der Waals surface area contributed by atoms with E-state index < -0.39 is 24.0 Å². The molecule has 5 N–H and O–H groups in total. The van der Waals surface area contributed by atoms with Gasteiger partial charge in [0.1, 0.15) is 5.75 Å². The van der Waals surface area contributed by atoms with E-state index in [0.717, 1.165) is 5.56 Å². The molecule has 0 bridgehead atoms. The number of carboxylic acids is 1. The Kier molecular flexibility index (Phi) is 6.35. The molecule has 0 saturated heterocycles. The Morgan fingerprint density at radius 1 is 1.29 bits per heavy atom. The summed E-state index contributed by atoms with van der Waals surface area (Å²) < 4.78 is 0. The molecular weight excluding hydrogens is 276 g/mol. The lowest BCUT2D eigenvalue weighted by atomic mass is 10.1. The Morgan fingerprint density at radius 3 is 2.43 bits per heavy atom. The van der Waals surface area contributed by atoms with Crippen LogP contribution < -0.4 is 11.1 Å². The number of carbonyl (C=O) groups is 2. The molecule has 1 aromatic carbocycles. The largest absolute Gasteiger partial charge is 0.508 e. The molecule has 0 aliphatic rings. The molecule has 0 unspecified atom stereocenters. The zero-order valence-electron chi connectivity index (χ0n) is 11.3. The molecule has 7 nitrogen and oxygen atoms in total. The second kappa shape index (κ2) is 8.01. The van der Waals surface area contributed by atoms with Crippen LogP contribution in [0.5, 0.6) is 5.75 Å². The van der Waals surface area contributed by atoms with E-state index in [9.17, 15) is 14.4 Å².